The van der Waals surface area contributed by atoms with Gasteiger partial charge in [-0.15, -0.1) is 0 Å². The first kappa shape index (κ1) is 11.2. The smallest absolute Gasteiger partial charge is 0.0340 e. The molecule has 0 saturated heterocycles. The first-order chi connectivity index (χ1) is 6.91. The van der Waals surface area contributed by atoms with Crippen LogP contribution in [0.4, 0.5) is 0 Å². The lowest BCUT2D eigenvalue weighted by atomic mass is 9.74. The third kappa shape index (κ3) is 2.63. The van der Waals surface area contributed by atoms with Crippen molar-refractivity contribution in [2.24, 2.45) is 23.0 Å². The van der Waals surface area contributed by atoms with E-state index >= 15 is 0 Å². The third-order valence-corrected chi connectivity index (χ3v) is 4.18. The maximum atomic E-state index is 6.09. The van der Waals surface area contributed by atoms with E-state index in [1.165, 1.54) is 32.1 Å². The SMILES string of the molecule is CC(C)(C)C1CCCC1C=CC1(N)CC1. The monoisotopic (exact) mass is 207 g/mol. The van der Waals surface area contributed by atoms with Crippen LogP contribution < -0.4 is 5.73 Å². The van der Waals surface area contributed by atoms with Crippen molar-refractivity contribution in [2.75, 3.05) is 0 Å². The summed E-state index contributed by atoms with van der Waals surface area (Å²) in [4.78, 5) is 0. The average Bonchev–Trinajstić information content (AvgIpc) is 2.66. The van der Waals surface area contributed by atoms with E-state index in [9.17, 15) is 0 Å². The molecule has 0 aromatic heterocycles. The molecule has 2 aliphatic carbocycles. The average molecular weight is 207 g/mol. The molecule has 1 heteroatoms. The van der Waals surface area contributed by atoms with Crippen LogP contribution in [0, 0.1) is 17.3 Å². The Morgan fingerprint density at radius 3 is 2.40 bits per heavy atom. The number of hydrogen-bond acceptors (Lipinski definition) is 1. The zero-order valence-electron chi connectivity index (χ0n) is 10.4. The van der Waals surface area contributed by atoms with E-state index < -0.39 is 0 Å². The molecule has 86 valence electrons. The van der Waals surface area contributed by atoms with Gasteiger partial charge >= 0.3 is 0 Å². The maximum absolute atomic E-state index is 6.09. The summed E-state index contributed by atoms with van der Waals surface area (Å²) in [7, 11) is 0. The van der Waals surface area contributed by atoms with E-state index in [0.717, 1.165) is 11.8 Å². The topological polar surface area (TPSA) is 26.0 Å². The quantitative estimate of drug-likeness (QED) is 0.689. The van der Waals surface area contributed by atoms with E-state index in [-0.39, 0.29) is 5.54 Å². The van der Waals surface area contributed by atoms with Crippen molar-refractivity contribution in [3.05, 3.63) is 12.2 Å². The van der Waals surface area contributed by atoms with Crippen LogP contribution >= 0.6 is 0 Å². The zero-order valence-corrected chi connectivity index (χ0v) is 10.4. The standard InChI is InChI=1S/C14H25N/c1-13(2,3)12-6-4-5-11(12)7-8-14(15)9-10-14/h7-8,11-12H,4-6,9-10,15H2,1-3H3. The first-order valence-corrected chi connectivity index (χ1v) is 6.39. The minimum absolute atomic E-state index is 0.0883. The molecule has 0 bridgehead atoms. The van der Waals surface area contributed by atoms with E-state index in [2.05, 4.69) is 32.9 Å². The fourth-order valence-electron chi connectivity index (χ4n) is 2.92. The second kappa shape index (κ2) is 3.62. The van der Waals surface area contributed by atoms with Crippen molar-refractivity contribution in [3.63, 3.8) is 0 Å². The van der Waals surface area contributed by atoms with Crippen LogP contribution in [0.2, 0.25) is 0 Å². The zero-order chi connectivity index (χ0) is 11.1. The molecule has 0 aromatic rings. The van der Waals surface area contributed by atoms with Gasteiger partial charge in [0.15, 0.2) is 0 Å². The Morgan fingerprint density at radius 1 is 1.20 bits per heavy atom. The predicted molar refractivity (Wildman–Crippen MR) is 65.6 cm³/mol. The molecule has 0 radical (unpaired) electrons. The van der Waals surface area contributed by atoms with Crippen molar-refractivity contribution in [1.29, 1.82) is 0 Å². The lowest BCUT2D eigenvalue weighted by Crippen LogP contribution is -2.24. The van der Waals surface area contributed by atoms with Gasteiger partial charge in [-0.25, -0.2) is 0 Å². The maximum Gasteiger partial charge on any atom is 0.0340 e. The van der Waals surface area contributed by atoms with Crippen molar-refractivity contribution in [1.82, 2.24) is 0 Å². The van der Waals surface area contributed by atoms with Gasteiger partial charge in [0.1, 0.15) is 0 Å². The molecule has 0 aliphatic heterocycles. The number of allylic oxidation sites excluding steroid dienone is 1. The minimum atomic E-state index is 0.0883. The normalized spacial score (nSPS) is 34.9. The van der Waals surface area contributed by atoms with Crippen molar-refractivity contribution in [3.8, 4) is 0 Å². The van der Waals surface area contributed by atoms with Crippen LogP contribution in [-0.2, 0) is 0 Å². The van der Waals surface area contributed by atoms with Crippen LogP contribution in [-0.4, -0.2) is 5.54 Å². The van der Waals surface area contributed by atoms with Gasteiger partial charge < -0.3 is 5.73 Å². The highest BCUT2D eigenvalue weighted by Gasteiger charge is 2.38. The second-order valence-electron chi connectivity index (χ2n) is 6.66. The van der Waals surface area contributed by atoms with E-state index in [4.69, 9.17) is 5.73 Å². The van der Waals surface area contributed by atoms with Gasteiger partial charge in [0, 0.05) is 5.54 Å². The highest BCUT2D eigenvalue weighted by molar-refractivity contribution is 5.16. The molecule has 2 saturated carbocycles. The molecule has 15 heavy (non-hydrogen) atoms. The molecule has 2 unspecified atom stereocenters. The summed E-state index contributed by atoms with van der Waals surface area (Å²) in [5.41, 5.74) is 6.64. The molecule has 0 aromatic carbocycles. The number of hydrogen-bond donors (Lipinski definition) is 1. The Labute approximate surface area is 94.1 Å². The van der Waals surface area contributed by atoms with Gasteiger partial charge in [-0.3, -0.25) is 0 Å². The Bertz CT molecular complexity index is 255. The molecule has 2 N–H and O–H groups in total. The van der Waals surface area contributed by atoms with Gasteiger partial charge in [0.25, 0.3) is 0 Å². The van der Waals surface area contributed by atoms with Crippen LogP contribution in [0.3, 0.4) is 0 Å². The number of nitrogens with two attached hydrogens (primary N) is 1. The molecule has 1 nitrogen and oxygen atoms in total. The Hall–Kier alpha value is -0.300. The molecular weight excluding hydrogens is 182 g/mol. The lowest BCUT2D eigenvalue weighted by molar-refractivity contribution is 0.210. The van der Waals surface area contributed by atoms with Gasteiger partial charge in [-0.1, -0.05) is 39.3 Å². The fourth-order valence-corrected chi connectivity index (χ4v) is 2.92. The molecule has 2 rings (SSSR count). The minimum Gasteiger partial charge on any atom is -0.322 e. The van der Waals surface area contributed by atoms with Crippen LogP contribution in [0.15, 0.2) is 12.2 Å². The summed E-state index contributed by atoms with van der Waals surface area (Å²) >= 11 is 0. The molecule has 2 aliphatic rings. The largest absolute Gasteiger partial charge is 0.322 e. The van der Waals surface area contributed by atoms with E-state index in [0.29, 0.717) is 5.41 Å². The summed E-state index contributed by atoms with van der Waals surface area (Å²) in [5.74, 6) is 1.64. The molecule has 2 atom stereocenters. The van der Waals surface area contributed by atoms with Crippen molar-refractivity contribution in [2.45, 2.75) is 58.4 Å². The van der Waals surface area contributed by atoms with Gasteiger partial charge in [0.05, 0.1) is 0 Å². The van der Waals surface area contributed by atoms with Crippen molar-refractivity contribution >= 4 is 0 Å². The first-order valence-electron chi connectivity index (χ1n) is 6.39. The van der Waals surface area contributed by atoms with Gasteiger partial charge in [-0.05, 0) is 42.9 Å². The van der Waals surface area contributed by atoms with Gasteiger partial charge in [-0.2, -0.15) is 0 Å². The summed E-state index contributed by atoms with van der Waals surface area (Å²) in [5, 5.41) is 0. The van der Waals surface area contributed by atoms with Crippen LogP contribution in [0.5, 0.6) is 0 Å². The Balaban J connectivity index is 1.99. The third-order valence-electron chi connectivity index (χ3n) is 4.18. The summed E-state index contributed by atoms with van der Waals surface area (Å²) in [6.07, 6.45) is 11.3. The van der Waals surface area contributed by atoms with Gasteiger partial charge in [0.2, 0.25) is 0 Å². The summed E-state index contributed by atoms with van der Waals surface area (Å²) in [6, 6.07) is 0. The fraction of sp³-hybridized carbons (Fsp3) is 0.857. The van der Waals surface area contributed by atoms with Crippen LogP contribution in [0.25, 0.3) is 0 Å². The Kier molecular flexibility index (Phi) is 2.70. The number of rotatable bonds is 2. The van der Waals surface area contributed by atoms with E-state index in [1.807, 2.05) is 0 Å². The molecule has 0 heterocycles. The predicted octanol–water partition coefficient (Wildman–Crippen LogP) is 3.50. The van der Waals surface area contributed by atoms with Crippen molar-refractivity contribution < 1.29 is 0 Å². The van der Waals surface area contributed by atoms with Crippen LogP contribution in [0.1, 0.15) is 52.9 Å². The van der Waals surface area contributed by atoms with E-state index in [1.54, 1.807) is 0 Å². The molecule has 2 fully saturated rings. The second-order valence-corrected chi connectivity index (χ2v) is 6.66. The molecule has 0 spiro atoms. The Morgan fingerprint density at radius 2 is 1.87 bits per heavy atom. The molecule has 0 amide bonds. The summed E-state index contributed by atoms with van der Waals surface area (Å²) < 4.78 is 0. The summed E-state index contributed by atoms with van der Waals surface area (Å²) in [6.45, 7) is 7.12. The molecular formula is C14H25N. The highest BCUT2D eigenvalue weighted by atomic mass is 14.8. The highest BCUT2D eigenvalue weighted by Crippen LogP contribution is 2.45. The lowest BCUT2D eigenvalue weighted by Gasteiger charge is -2.31.